The zero-order valence-electron chi connectivity index (χ0n) is 9.70. The number of benzene rings is 1. The van der Waals surface area contributed by atoms with E-state index in [-0.39, 0.29) is 15.5 Å². The summed E-state index contributed by atoms with van der Waals surface area (Å²) in [5.74, 6) is 0. The zero-order valence-corrected chi connectivity index (χ0v) is 11.3. The van der Waals surface area contributed by atoms with Crippen molar-refractivity contribution in [2.24, 2.45) is 0 Å². The SMILES string of the molecule is Cc1c(Cl)cccc1S(=O)(=O)NCC(O)C(F)(F)F. The number of halogens is 4. The van der Waals surface area contributed by atoms with Crippen molar-refractivity contribution in [2.75, 3.05) is 6.54 Å². The number of nitrogens with one attached hydrogen (secondary N) is 1. The zero-order chi connectivity index (χ0) is 14.8. The van der Waals surface area contributed by atoms with Crippen LogP contribution in [0.1, 0.15) is 5.56 Å². The Morgan fingerprint density at radius 1 is 1.42 bits per heavy atom. The molecule has 1 unspecified atom stereocenters. The standard InChI is InChI=1S/C10H11ClF3NO3S/c1-6-7(11)3-2-4-8(6)19(17,18)15-5-9(16)10(12,13)14/h2-4,9,15-16H,5H2,1H3. The van der Waals surface area contributed by atoms with Gasteiger partial charge in [-0.3, -0.25) is 0 Å². The van der Waals surface area contributed by atoms with Crippen LogP contribution in [0, 0.1) is 6.92 Å². The van der Waals surface area contributed by atoms with E-state index in [0.717, 1.165) is 0 Å². The fourth-order valence-corrected chi connectivity index (χ4v) is 2.80. The van der Waals surface area contributed by atoms with E-state index in [9.17, 15) is 21.6 Å². The molecule has 108 valence electrons. The van der Waals surface area contributed by atoms with Crippen LogP contribution in [0.2, 0.25) is 5.02 Å². The Hall–Kier alpha value is -0.830. The van der Waals surface area contributed by atoms with Gasteiger partial charge >= 0.3 is 6.18 Å². The van der Waals surface area contributed by atoms with Gasteiger partial charge in [0.2, 0.25) is 10.0 Å². The summed E-state index contributed by atoms with van der Waals surface area (Å²) in [4.78, 5) is -0.227. The van der Waals surface area contributed by atoms with Gasteiger partial charge in [0.15, 0.2) is 6.10 Å². The van der Waals surface area contributed by atoms with E-state index in [4.69, 9.17) is 16.7 Å². The van der Waals surface area contributed by atoms with Gasteiger partial charge in [0.25, 0.3) is 0 Å². The Balaban J connectivity index is 2.91. The molecule has 0 heterocycles. The summed E-state index contributed by atoms with van der Waals surface area (Å²) in [6, 6.07) is 4.04. The van der Waals surface area contributed by atoms with Crippen LogP contribution in [0.25, 0.3) is 0 Å². The Labute approximate surface area is 113 Å². The summed E-state index contributed by atoms with van der Waals surface area (Å²) in [6.45, 7) is 0.273. The number of aliphatic hydroxyl groups is 1. The molecule has 2 N–H and O–H groups in total. The van der Waals surface area contributed by atoms with Crippen molar-refractivity contribution >= 4 is 21.6 Å². The number of hydrogen-bond acceptors (Lipinski definition) is 3. The second-order valence-corrected chi connectivity index (χ2v) is 5.91. The lowest BCUT2D eigenvalue weighted by Gasteiger charge is -2.16. The lowest BCUT2D eigenvalue weighted by molar-refractivity contribution is -0.200. The molecule has 0 bridgehead atoms. The second-order valence-electron chi connectivity index (χ2n) is 3.77. The molecule has 1 aromatic carbocycles. The van der Waals surface area contributed by atoms with E-state index in [1.54, 1.807) is 4.72 Å². The smallest absolute Gasteiger partial charge is 0.382 e. The van der Waals surface area contributed by atoms with Crippen molar-refractivity contribution in [1.82, 2.24) is 4.72 Å². The number of sulfonamides is 1. The highest BCUT2D eigenvalue weighted by molar-refractivity contribution is 7.89. The van der Waals surface area contributed by atoms with Crippen LogP contribution in [0.5, 0.6) is 0 Å². The quantitative estimate of drug-likeness (QED) is 0.890. The lowest BCUT2D eigenvalue weighted by atomic mass is 10.2. The maximum absolute atomic E-state index is 12.1. The third kappa shape index (κ3) is 4.07. The molecule has 19 heavy (non-hydrogen) atoms. The molecule has 0 aliphatic heterocycles. The molecule has 1 aromatic rings. The van der Waals surface area contributed by atoms with Gasteiger partial charge in [0.1, 0.15) is 0 Å². The van der Waals surface area contributed by atoms with Crippen LogP contribution < -0.4 is 4.72 Å². The maximum atomic E-state index is 12.1. The highest BCUT2D eigenvalue weighted by Crippen LogP contribution is 2.23. The summed E-state index contributed by atoms with van der Waals surface area (Å²) in [5, 5.41) is 8.92. The average molecular weight is 318 g/mol. The Morgan fingerprint density at radius 2 is 2.00 bits per heavy atom. The molecule has 0 radical (unpaired) electrons. The Kier molecular flexibility index (Phi) is 4.83. The minimum Gasteiger partial charge on any atom is -0.382 e. The highest BCUT2D eigenvalue weighted by atomic mass is 35.5. The summed E-state index contributed by atoms with van der Waals surface area (Å²) in [5.41, 5.74) is 0.221. The fourth-order valence-electron chi connectivity index (χ4n) is 1.26. The summed E-state index contributed by atoms with van der Waals surface area (Å²) in [6.07, 6.45) is -7.65. The number of rotatable bonds is 4. The molecule has 0 amide bonds. The highest BCUT2D eigenvalue weighted by Gasteiger charge is 2.38. The van der Waals surface area contributed by atoms with Crippen LogP contribution >= 0.6 is 11.6 Å². The Bertz CT molecular complexity index is 560. The first-order chi connectivity index (χ1) is 8.55. The molecular formula is C10H11ClF3NO3S. The van der Waals surface area contributed by atoms with Crippen LogP contribution in [-0.4, -0.2) is 32.3 Å². The topological polar surface area (TPSA) is 66.4 Å². The summed E-state index contributed by atoms with van der Waals surface area (Å²) < 4.78 is 61.5. The molecule has 4 nitrogen and oxygen atoms in total. The van der Waals surface area contributed by atoms with Crippen molar-refractivity contribution in [3.63, 3.8) is 0 Å². The van der Waals surface area contributed by atoms with Gasteiger partial charge in [0.05, 0.1) is 4.90 Å². The summed E-state index contributed by atoms with van der Waals surface area (Å²) >= 11 is 5.73. The fraction of sp³-hybridized carbons (Fsp3) is 0.400. The first-order valence-electron chi connectivity index (χ1n) is 5.05. The molecule has 9 heteroatoms. The average Bonchev–Trinajstić information content (AvgIpc) is 2.28. The monoisotopic (exact) mass is 317 g/mol. The van der Waals surface area contributed by atoms with Crippen molar-refractivity contribution in [3.05, 3.63) is 28.8 Å². The van der Waals surface area contributed by atoms with Gasteiger partial charge in [-0.1, -0.05) is 17.7 Å². The number of aliphatic hydroxyl groups excluding tert-OH is 1. The van der Waals surface area contributed by atoms with Crippen molar-refractivity contribution in [3.8, 4) is 0 Å². The Morgan fingerprint density at radius 3 is 2.53 bits per heavy atom. The molecule has 1 rings (SSSR count). The first kappa shape index (κ1) is 16.2. The number of alkyl halides is 3. The van der Waals surface area contributed by atoms with Crippen LogP contribution in [0.15, 0.2) is 23.1 Å². The summed E-state index contributed by atoms with van der Waals surface area (Å²) in [7, 11) is -4.16. The minimum atomic E-state index is -4.88. The van der Waals surface area contributed by atoms with Gasteiger partial charge in [-0.15, -0.1) is 0 Å². The predicted octanol–water partition coefficient (Wildman–Crippen LogP) is 1.85. The van der Waals surface area contributed by atoms with Crippen LogP contribution in [0.3, 0.4) is 0 Å². The molecule has 1 atom stereocenters. The molecule has 0 spiro atoms. The van der Waals surface area contributed by atoms with E-state index in [1.165, 1.54) is 25.1 Å². The predicted molar refractivity (Wildman–Crippen MR) is 63.4 cm³/mol. The second kappa shape index (κ2) is 5.66. The van der Waals surface area contributed by atoms with Crippen molar-refractivity contribution in [2.45, 2.75) is 24.1 Å². The van der Waals surface area contributed by atoms with E-state index < -0.39 is 28.8 Å². The largest absolute Gasteiger partial charge is 0.415 e. The molecule has 0 fully saturated rings. The van der Waals surface area contributed by atoms with Gasteiger partial charge in [-0.05, 0) is 24.6 Å². The van der Waals surface area contributed by atoms with E-state index in [2.05, 4.69) is 0 Å². The molecule has 0 saturated carbocycles. The molecule has 0 aliphatic rings. The number of hydrogen-bond donors (Lipinski definition) is 2. The normalized spacial score (nSPS) is 14.4. The van der Waals surface area contributed by atoms with Gasteiger partial charge in [-0.2, -0.15) is 13.2 Å². The van der Waals surface area contributed by atoms with Crippen molar-refractivity contribution < 1.29 is 26.7 Å². The van der Waals surface area contributed by atoms with Crippen LogP contribution in [-0.2, 0) is 10.0 Å². The lowest BCUT2D eigenvalue weighted by Crippen LogP contribution is -2.40. The van der Waals surface area contributed by atoms with E-state index in [0.29, 0.717) is 0 Å². The third-order valence-electron chi connectivity index (χ3n) is 2.35. The molecule has 0 saturated heterocycles. The van der Waals surface area contributed by atoms with E-state index >= 15 is 0 Å². The van der Waals surface area contributed by atoms with Crippen molar-refractivity contribution in [1.29, 1.82) is 0 Å². The molecule has 0 aliphatic carbocycles. The van der Waals surface area contributed by atoms with E-state index in [1.807, 2.05) is 0 Å². The first-order valence-corrected chi connectivity index (χ1v) is 6.91. The van der Waals surface area contributed by atoms with Gasteiger partial charge < -0.3 is 5.11 Å². The maximum Gasteiger partial charge on any atom is 0.415 e. The molecular weight excluding hydrogens is 307 g/mol. The van der Waals surface area contributed by atoms with Gasteiger partial charge in [0, 0.05) is 11.6 Å². The van der Waals surface area contributed by atoms with Gasteiger partial charge in [-0.25, -0.2) is 13.1 Å². The van der Waals surface area contributed by atoms with Crippen LogP contribution in [0.4, 0.5) is 13.2 Å². The third-order valence-corrected chi connectivity index (χ3v) is 4.33. The molecule has 0 aromatic heterocycles. The minimum absolute atomic E-state index is 0.180.